The SMILES string of the molecule is Cn1nncc1N1CCC(CCO)C1. The van der Waals surface area contributed by atoms with E-state index in [0.29, 0.717) is 12.5 Å². The zero-order chi connectivity index (χ0) is 9.97. The molecule has 1 atom stereocenters. The highest BCUT2D eigenvalue weighted by atomic mass is 16.3. The van der Waals surface area contributed by atoms with Crippen molar-refractivity contribution in [3.8, 4) is 0 Å². The van der Waals surface area contributed by atoms with Crippen LogP contribution in [0.4, 0.5) is 5.82 Å². The molecule has 0 bridgehead atoms. The fourth-order valence-corrected chi connectivity index (χ4v) is 2.03. The maximum atomic E-state index is 8.85. The molecule has 0 spiro atoms. The van der Waals surface area contributed by atoms with E-state index in [4.69, 9.17) is 5.11 Å². The van der Waals surface area contributed by atoms with Gasteiger partial charge in [-0.15, -0.1) is 5.10 Å². The minimum Gasteiger partial charge on any atom is -0.396 e. The van der Waals surface area contributed by atoms with Gasteiger partial charge in [-0.1, -0.05) is 5.21 Å². The molecule has 78 valence electrons. The van der Waals surface area contributed by atoms with E-state index in [0.717, 1.165) is 31.7 Å². The standard InChI is InChI=1S/C9H16N4O/c1-12-9(6-10-11-12)13-4-2-8(7-13)3-5-14/h6,8,14H,2-5,7H2,1H3. The molecule has 1 N–H and O–H groups in total. The minimum atomic E-state index is 0.294. The molecule has 1 aromatic heterocycles. The molecule has 0 amide bonds. The van der Waals surface area contributed by atoms with Crippen molar-refractivity contribution in [3.63, 3.8) is 0 Å². The summed E-state index contributed by atoms with van der Waals surface area (Å²) in [6.07, 6.45) is 3.86. The van der Waals surface area contributed by atoms with Crippen LogP contribution in [-0.4, -0.2) is 39.8 Å². The highest BCUT2D eigenvalue weighted by Crippen LogP contribution is 2.23. The number of aliphatic hydroxyl groups is 1. The summed E-state index contributed by atoms with van der Waals surface area (Å²) >= 11 is 0. The Morgan fingerprint density at radius 3 is 3.14 bits per heavy atom. The zero-order valence-corrected chi connectivity index (χ0v) is 8.43. The van der Waals surface area contributed by atoms with Crippen LogP contribution in [0.1, 0.15) is 12.8 Å². The fraction of sp³-hybridized carbons (Fsp3) is 0.778. The molecule has 5 nitrogen and oxygen atoms in total. The Kier molecular flexibility index (Phi) is 2.67. The lowest BCUT2D eigenvalue weighted by atomic mass is 10.1. The molecule has 1 aromatic rings. The molecule has 5 heteroatoms. The van der Waals surface area contributed by atoms with Gasteiger partial charge in [-0.05, 0) is 18.8 Å². The molecule has 0 radical (unpaired) electrons. The number of hydrogen-bond acceptors (Lipinski definition) is 4. The van der Waals surface area contributed by atoms with Gasteiger partial charge in [-0.3, -0.25) is 0 Å². The normalized spacial score (nSPS) is 21.9. The molecule has 2 heterocycles. The molecule has 0 saturated carbocycles. The predicted molar refractivity (Wildman–Crippen MR) is 53.0 cm³/mol. The molecule has 1 aliphatic heterocycles. The van der Waals surface area contributed by atoms with Crippen LogP contribution in [-0.2, 0) is 7.05 Å². The summed E-state index contributed by atoms with van der Waals surface area (Å²) in [7, 11) is 1.90. The van der Waals surface area contributed by atoms with Crippen LogP contribution in [0.15, 0.2) is 6.20 Å². The average molecular weight is 196 g/mol. The van der Waals surface area contributed by atoms with Gasteiger partial charge in [-0.2, -0.15) is 0 Å². The van der Waals surface area contributed by atoms with E-state index in [1.165, 1.54) is 0 Å². The van der Waals surface area contributed by atoms with Gasteiger partial charge in [0.1, 0.15) is 5.82 Å². The number of rotatable bonds is 3. The Hall–Kier alpha value is -1.10. The van der Waals surface area contributed by atoms with Crippen LogP contribution in [0.25, 0.3) is 0 Å². The van der Waals surface area contributed by atoms with Gasteiger partial charge in [0.05, 0.1) is 6.20 Å². The largest absolute Gasteiger partial charge is 0.396 e. The summed E-state index contributed by atoms with van der Waals surface area (Å²) < 4.78 is 1.79. The van der Waals surface area contributed by atoms with Crippen LogP contribution in [0.3, 0.4) is 0 Å². The maximum Gasteiger partial charge on any atom is 0.147 e. The molecule has 0 aliphatic carbocycles. The quantitative estimate of drug-likeness (QED) is 0.740. The molecule has 0 aromatic carbocycles. The lowest BCUT2D eigenvalue weighted by Crippen LogP contribution is -2.22. The van der Waals surface area contributed by atoms with E-state index in [-0.39, 0.29) is 0 Å². The first-order chi connectivity index (χ1) is 6.81. The molecule has 1 fully saturated rings. The van der Waals surface area contributed by atoms with E-state index in [9.17, 15) is 0 Å². The van der Waals surface area contributed by atoms with Gasteiger partial charge in [0.2, 0.25) is 0 Å². The third-order valence-electron chi connectivity index (χ3n) is 2.84. The second-order valence-electron chi connectivity index (χ2n) is 3.83. The van der Waals surface area contributed by atoms with Gasteiger partial charge < -0.3 is 10.0 Å². The van der Waals surface area contributed by atoms with Crippen LogP contribution < -0.4 is 4.90 Å². The number of hydrogen-bond donors (Lipinski definition) is 1. The average Bonchev–Trinajstić information content (AvgIpc) is 2.74. The Morgan fingerprint density at radius 2 is 2.50 bits per heavy atom. The summed E-state index contributed by atoms with van der Waals surface area (Å²) in [6.45, 7) is 2.36. The third-order valence-corrected chi connectivity index (χ3v) is 2.84. The monoisotopic (exact) mass is 196 g/mol. The zero-order valence-electron chi connectivity index (χ0n) is 8.43. The summed E-state index contributed by atoms with van der Waals surface area (Å²) in [6, 6.07) is 0. The van der Waals surface area contributed by atoms with Crippen molar-refractivity contribution in [2.75, 3.05) is 24.6 Å². The van der Waals surface area contributed by atoms with E-state index in [2.05, 4.69) is 15.2 Å². The number of aromatic nitrogens is 3. The lowest BCUT2D eigenvalue weighted by Gasteiger charge is -2.16. The van der Waals surface area contributed by atoms with Crippen LogP contribution in [0.5, 0.6) is 0 Å². The predicted octanol–water partition coefficient (Wildman–Crippen LogP) is 0.0238. The van der Waals surface area contributed by atoms with E-state index >= 15 is 0 Å². The highest BCUT2D eigenvalue weighted by molar-refractivity contribution is 5.37. The second kappa shape index (κ2) is 3.96. The summed E-state index contributed by atoms with van der Waals surface area (Å²) in [5, 5.41) is 16.6. The molecule has 1 unspecified atom stereocenters. The number of aryl methyl sites for hydroxylation is 1. The van der Waals surface area contributed by atoms with Gasteiger partial charge in [0, 0.05) is 26.7 Å². The van der Waals surface area contributed by atoms with Crippen molar-refractivity contribution in [3.05, 3.63) is 6.20 Å². The maximum absolute atomic E-state index is 8.85. The molecule has 1 saturated heterocycles. The minimum absolute atomic E-state index is 0.294. The molecular formula is C9H16N4O. The first kappa shape index (κ1) is 9.45. The van der Waals surface area contributed by atoms with Crippen molar-refractivity contribution in [2.24, 2.45) is 13.0 Å². The summed E-state index contributed by atoms with van der Waals surface area (Å²) in [4.78, 5) is 2.28. The third kappa shape index (κ3) is 1.72. The second-order valence-corrected chi connectivity index (χ2v) is 3.83. The van der Waals surface area contributed by atoms with E-state index in [1.807, 2.05) is 7.05 Å². The Morgan fingerprint density at radius 1 is 1.64 bits per heavy atom. The van der Waals surface area contributed by atoms with Gasteiger partial charge >= 0.3 is 0 Å². The Bertz CT molecular complexity index is 299. The van der Waals surface area contributed by atoms with Crippen LogP contribution in [0, 0.1) is 5.92 Å². The number of aliphatic hydroxyl groups excluding tert-OH is 1. The van der Waals surface area contributed by atoms with Crippen molar-refractivity contribution in [1.82, 2.24) is 15.0 Å². The highest BCUT2D eigenvalue weighted by Gasteiger charge is 2.23. The van der Waals surface area contributed by atoms with Gasteiger partial charge in [0.25, 0.3) is 0 Å². The summed E-state index contributed by atoms with van der Waals surface area (Å²) in [5.74, 6) is 1.69. The number of anilines is 1. The van der Waals surface area contributed by atoms with E-state index < -0.39 is 0 Å². The van der Waals surface area contributed by atoms with Crippen molar-refractivity contribution < 1.29 is 5.11 Å². The first-order valence-corrected chi connectivity index (χ1v) is 5.01. The Balaban J connectivity index is 1.99. The molecular weight excluding hydrogens is 180 g/mol. The lowest BCUT2D eigenvalue weighted by molar-refractivity contribution is 0.263. The summed E-state index contributed by atoms with van der Waals surface area (Å²) in [5.41, 5.74) is 0. The Labute approximate surface area is 83.3 Å². The first-order valence-electron chi connectivity index (χ1n) is 5.01. The van der Waals surface area contributed by atoms with Crippen molar-refractivity contribution in [2.45, 2.75) is 12.8 Å². The van der Waals surface area contributed by atoms with Crippen LogP contribution in [0.2, 0.25) is 0 Å². The van der Waals surface area contributed by atoms with Gasteiger partial charge in [0.15, 0.2) is 0 Å². The van der Waals surface area contributed by atoms with E-state index in [1.54, 1.807) is 10.9 Å². The fourth-order valence-electron chi connectivity index (χ4n) is 2.03. The number of nitrogens with zero attached hydrogens (tertiary/aromatic N) is 4. The van der Waals surface area contributed by atoms with Crippen LogP contribution >= 0.6 is 0 Å². The van der Waals surface area contributed by atoms with Crippen molar-refractivity contribution in [1.29, 1.82) is 0 Å². The smallest absolute Gasteiger partial charge is 0.147 e. The molecule has 1 aliphatic rings. The van der Waals surface area contributed by atoms with Crippen molar-refractivity contribution >= 4 is 5.82 Å². The molecule has 14 heavy (non-hydrogen) atoms. The molecule has 2 rings (SSSR count). The topological polar surface area (TPSA) is 54.2 Å². The van der Waals surface area contributed by atoms with Gasteiger partial charge in [-0.25, -0.2) is 4.68 Å².